The van der Waals surface area contributed by atoms with Gasteiger partial charge in [-0.15, -0.1) is 0 Å². The fourth-order valence-corrected chi connectivity index (χ4v) is 1.57. The molecular formula is C14H23N. The van der Waals surface area contributed by atoms with Crippen molar-refractivity contribution >= 4 is 5.69 Å². The lowest BCUT2D eigenvalue weighted by atomic mass is 9.90. The summed E-state index contributed by atoms with van der Waals surface area (Å²) in [5, 5.41) is 3.43. The molecule has 0 amide bonds. The average Bonchev–Trinajstić information content (AvgIpc) is 2.17. The topological polar surface area (TPSA) is 12.0 Å². The number of unbranched alkanes of at least 4 members (excludes halogenated alkanes) is 1. The predicted molar refractivity (Wildman–Crippen MR) is 68.2 cm³/mol. The Labute approximate surface area is 93.9 Å². The highest BCUT2D eigenvalue weighted by atomic mass is 14.9. The molecule has 1 nitrogen and oxygen atoms in total. The number of hydrogen-bond donors (Lipinski definition) is 1. The van der Waals surface area contributed by atoms with E-state index in [9.17, 15) is 0 Å². The van der Waals surface area contributed by atoms with E-state index < -0.39 is 0 Å². The molecule has 0 spiro atoms. The maximum Gasteiger partial charge on any atom is 0.0340 e. The normalized spacial score (nSPS) is 11.4. The zero-order valence-corrected chi connectivity index (χ0v) is 10.2. The van der Waals surface area contributed by atoms with E-state index in [0.29, 0.717) is 5.41 Å². The smallest absolute Gasteiger partial charge is 0.0340 e. The van der Waals surface area contributed by atoms with Crippen molar-refractivity contribution in [2.45, 2.75) is 40.0 Å². The third-order valence-corrected chi connectivity index (χ3v) is 2.46. The summed E-state index contributed by atoms with van der Waals surface area (Å²) in [7, 11) is 0. The van der Waals surface area contributed by atoms with Crippen LogP contribution < -0.4 is 5.32 Å². The molecule has 0 aliphatic heterocycles. The van der Waals surface area contributed by atoms with Crippen LogP contribution in [0.3, 0.4) is 0 Å². The summed E-state index contributed by atoms with van der Waals surface area (Å²) in [5.74, 6) is 0. The van der Waals surface area contributed by atoms with Crippen molar-refractivity contribution in [3.05, 3.63) is 30.3 Å². The van der Waals surface area contributed by atoms with Crippen LogP contribution in [0.15, 0.2) is 30.3 Å². The highest BCUT2D eigenvalue weighted by molar-refractivity contribution is 5.42. The van der Waals surface area contributed by atoms with Crippen LogP contribution in [0.4, 0.5) is 5.69 Å². The van der Waals surface area contributed by atoms with Gasteiger partial charge in [0.25, 0.3) is 0 Å². The van der Waals surface area contributed by atoms with Crippen LogP contribution in [0.1, 0.15) is 40.0 Å². The molecule has 0 aliphatic carbocycles. The van der Waals surface area contributed by atoms with Gasteiger partial charge < -0.3 is 5.32 Å². The second kappa shape index (κ2) is 5.79. The van der Waals surface area contributed by atoms with E-state index in [1.807, 2.05) is 6.07 Å². The maximum atomic E-state index is 3.43. The Morgan fingerprint density at radius 3 is 2.27 bits per heavy atom. The first-order valence-electron chi connectivity index (χ1n) is 5.87. The molecule has 0 saturated carbocycles. The van der Waals surface area contributed by atoms with Crippen LogP contribution in [-0.2, 0) is 0 Å². The van der Waals surface area contributed by atoms with Gasteiger partial charge in [0, 0.05) is 12.2 Å². The Morgan fingerprint density at radius 1 is 1.00 bits per heavy atom. The largest absolute Gasteiger partial charge is 0.385 e. The molecule has 1 heteroatoms. The van der Waals surface area contributed by atoms with E-state index in [0.717, 1.165) is 6.54 Å². The first kappa shape index (κ1) is 12.1. The molecule has 84 valence electrons. The molecule has 1 aromatic rings. The van der Waals surface area contributed by atoms with Crippen molar-refractivity contribution < 1.29 is 0 Å². The van der Waals surface area contributed by atoms with Crippen LogP contribution in [0, 0.1) is 5.41 Å². The number of para-hydroxylation sites is 1. The van der Waals surface area contributed by atoms with Crippen LogP contribution in [0.2, 0.25) is 0 Å². The Kier molecular flexibility index (Phi) is 4.67. The predicted octanol–water partition coefficient (Wildman–Crippen LogP) is 4.31. The van der Waals surface area contributed by atoms with Gasteiger partial charge in [-0.3, -0.25) is 0 Å². The molecule has 0 heterocycles. The highest BCUT2D eigenvalue weighted by Crippen LogP contribution is 2.21. The molecule has 0 fully saturated rings. The minimum absolute atomic E-state index is 0.479. The summed E-state index contributed by atoms with van der Waals surface area (Å²) >= 11 is 0. The number of anilines is 1. The summed E-state index contributed by atoms with van der Waals surface area (Å²) in [5.41, 5.74) is 1.71. The van der Waals surface area contributed by atoms with Crippen LogP contribution in [0.25, 0.3) is 0 Å². The van der Waals surface area contributed by atoms with Gasteiger partial charge in [-0.1, -0.05) is 45.4 Å². The first-order chi connectivity index (χ1) is 7.08. The summed E-state index contributed by atoms with van der Waals surface area (Å²) in [4.78, 5) is 0. The van der Waals surface area contributed by atoms with Gasteiger partial charge in [0.2, 0.25) is 0 Å². The number of nitrogens with one attached hydrogen (secondary N) is 1. The second-order valence-electron chi connectivity index (χ2n) is 5.31. The van der Waals surface area contributed by atoms with Crippen LogP contribution >= 0.6 is 0 Å². The van der Waals surface area contributed by atoms with Crippen LogP contribution in [-0.4, -0.2) is 6.54 Å². The molecule has 0 aromatic heterocycles. The first-order valence-corrected chi connectivity index (χ1v) is 5.87. The summed E-state index contributed by atoms with van der Waals surface area (Å²) in [6, 6.07) is 10.4. The van der Waals surface area contributed by atoms with E-state index in [2.05, 4.69) is 50.4 Å². The second-order valence-corrected chi connectivity index (χ2v) is 5.31. The molecular weight excluding hydrogens is 182 g/mol. The molecule has 0 unspecified atom stereocenters. The van der Waals surface area contributed by atoms with Crippen molar-refractivity contribution in [1.82, 2.24) is 0 Å². The molecule has 15 heavy (non-hydrogen) atoms. The zero-order valence-electron chi connectivity index (χ0n) is 10.2. The van der Waals surface area contributed by atoms with Crippen molar-refractivity contribution in [3.63, 3.8) is 0 Å². The number of hydrogen-bond acceptors (Lipinski definition) is 1. The van der Waals surface area contributed by atoms with Gasteiger partial charge in [-0.05, 0) is 30.4 Å². The summed E-state index contributed by atoms with van der Waals surface area (Å²) < 4.78 is 0. The van der Waals surface area contributed by atoms with E-state index in [-0.39, 0.29) is 0 Å². The highest BCUT2D eigenvalue weighted by Gasteiger charge is 2.08. The van der Waals surface area contributed by atoms with Crippen molar-refractivity contribution in [3.8, 4) is 0 Å². The molecule has 1 N–H and O–H groups in total. The fourth-order valence-electron chi connectivity index (χ4n) is 1.57. The minimum Gasteiger partial charge on any atom is -0.385 e. The maximum absolute atomic E-state index is 3.43. The van der Waals surface area contributed by atoms with E-state index in [1.54, 1.807) is 0 Å². The quantitative estimate of drug-likeness (QED) is 0.706. The van der Waals surface area contributed by atoms with E-state index in [1.165, 1.54) is 24.9 Å². The molecule has 0 atom stereocenters. The Morgan fingerprint density at radius 2 is 1.67 bits per heavy atom. The Bertz CT molecular complexity index is 258. The van der Waals surface area contributed by atoms with Crippen molar-refractivity contribution in [1.29, 1.82) is 0 Å². The molecule has 1 rings (SSSR count). The minimum atomic E-state index is 0.479. The van der Waals surface area contributed by atoms with Gasteiger partial charge in [-0.25, -0.2) is 0 Å². The van der Waals surface area contributed by atoms with Gasteiger partial charge >= 0.3 is 0 Å². The number of benzene rings is 1. The standard InChI is InChI=1S/C14H23N/c1-14(2,3)11-7-8-12-15-13-9-5-4-6-10-13/h4-6,9-10,15H,7-8,11-12H2,1-3H3. The van der Waals surface area contributed by atoms with Crippen molar-refractivity contribution in [2.24, 2.45) is 5.41 Å². The summed E-state index contributed by atoms with van der Waals surface area (Å²) in [6.07, 6.45) is 3.87. The Hall–Kier alpha value is -0.980. The lowest BCUT2D eigenvalue weighted by Gasteiger charge is -2.17. The monoisotopic (exact) mass is 205 g/mol. The fraction of sp³-hybridized carbons (Fsp3) is 0.571. The molecule has 0 saturated heterocycles. The zero-order chi connectivity index (χ0) is 11.1. The molecule has 0 radical (unpaired) electrons. The average molecular weight is 205 g/mol. The lowest BCUT2D eigenvalue weighted by Crippen LogP contribution is -2.07. The SMILES string of the molecule is CC(C)(C)CCCCNc1ccccc1. The molecule has 1 aromatic carbocycles. The third-order valence-electron chi connectivity index (χ3n) is 2.46. The molecule has 0 aliphatic rings. The summed E-state index contributed by atoms with van der Waals surface area (Å²) in [6.45, 7) is 7.99. The molecule has 0 bridgehead atoms. The number of rotatable bonds is 5. The van der Waals surface area contributed by atoms with E-state index >= 15 is 0 Å². The lowest BCUT2D eigenvalue weighted by molar-refractivity contribution is 0.362. The van der Waals surface area contributed by atoms with Gasteiger partial charge in [0.05, 0.1) is 0 Å². The Balaban J connectivity index is 2.08. The van der Waals surface area contributed by atoms with Gasteiger partial charge in [0.1, 0.15) is 0 Å². The van der Waals surface area contributed by atoms with Gasteiger partial charge in [0.15, 0.2) is 0 Å². The third kappa shape index (κ3) is 6.16. The van der Waals surface area contributed by atoms with Crippen LogP contribution in [0.5, 0.6) is 0 Å². The van der Waals surface area contributed by atoms with Gasteiger partial charge in [-0.2, -0.15) is 0 Å². The van der Waals surface area contributed by atoms with Crippen molar-refractivity contribution in [2.75, 3.05) is 11.9 Å². The van der Waals surface area contributed by atoms with E-state index in [4.69, 9.17) is 0 Å².